The van der Waals surface area contributed by atoms with Gasteiger partial charge in [0.1, 0.15) is 5.82 Å². The minimum Gasteiger partial charge on any atom is -0.341 e. The molecule has 0 saturated carbocycles. The molecule has 0 aliphatic carbocycles. The van der Waals surface area contributed by atoms with Crippen LogP contribution in [0.15, 0.2) is 24.3 Å². The molecule has 1 atom stereocenters. The van der Waals surface area contributed by atoms with Crippen molar-refractivity contribution in [1.82, 2.24) is 10.2 Å². The van der Waals surface area contributed by atoms with Crippen LogP contribution in [0.4, 0.5) is 4.39 Å². The predicted octanol–water partition coefficient (Wildman–Crippen LogP) is 2.17. The van der Waals surface area contributed by atoms with Gasteiger partial charge in [-0.05, 0) is 49.5 Å². The molecule has 1 amide bonds. The van der Waals surface area contributed by atoms with E-state index in [9.17, 15) is 9.18 Å². The van der Waals surface area contributed by atoms with E-state index in [0.717, 1.165) is 31.5 Å². The molecule has 0 aromatic heterocycles. The van der Waals surface area contributed by atoms with Crippen LogP contribution in [0.25, 0.3) is 0 Å². The van der Waals surface area contributed by atoms with E-state index in [1.165, 1.54) is 12.1 Å². The van der Waals surface area contributed by atoms with Gasteiger partial charge in [0, 0.05) is 20.0 Å². The molecule has 4 heteroatoms. The van der Waals surface area contributed by atoms with Crippen molar-refractivity contribution in [3.05, 3.63) is 35.6 Å². The molecule has 0 radical (unpaired) electrons. The van der Waals surface area contributed by atoms with Gasteiger partial charge >= 0.3 is 0 Å². The number of carbonyl (C=O) groups excluding carboxylic acids is 1. The second-order valence-electron chi connectivity index (χ2n) is 5.30. The maximum atomic E-state index is 13.1. The molecule has 0 bridgehead atoms. The van der Waals surface area contributed by atoms with Gasteiger partial charge in [-0.2, -0.15) is 0 Å². The molecule has 0 spiro atoms. The number of benzene rings is 1. The fourth-order valence-corrected chi connectivity index (χ4v) is 2.50. The van der Waals surface area contributed by atoms with Crippen molar-refractivity contribution < 1.29 is 9.18 Å². The number of hydrogen-bond donors (Lipinski definition) is 1. The normalized spacial score (nSPS) is 19.2. The number of halogens is 1. The van der Waals surface area contributed by atoms with Crippen LogP contribution in [0.5, 0.6) is 0 Å². The average Bonchev–Trinajstić information content (AvgIpc) is 2.40. The SMILES string of the molecule is CN(Cc1cccc(F)c1)C(=O)CC1CCCNC1. The van der Waals surface area contributed by atoms with Crippen LogP contribution < -0.4 is 5.32 Å². The van der Waals surface area contributed by atoms with Crippen molar-refractivity contribution in [2.24, 2.45) is 5.92 Å². The number of amides is 1. The molecule has 1 unspecified atom stereocenters. The Kier molecular flexibility index (Phi) is 4.91. The van der Waals surface area contributed by atoms with Crippen molar-refractivity contribution >= 4 is 5.91 Å². The summed E-state index contributed by atoms with van der Waals surface area (Å²) in [5.41, 5.74) is 0.831. The van der Waals surface area contributed by atoms with Crippen LogP contribution in [0.3, 0.4) is 0 Å². The zero-order valence-corrected chi connectivity index (χ0v) is 11.4. The van der Waals surface area contributed by atoms with Gasteiger partial charge in [0.2, 0.25) is 5.91 Å². The molecule has 1 aromatic rings. The summed E-state index contributed by atoms with van der Waals surface area (Å²) in [6.45, 7) is 2.46. The van der Waals surface area contributed by atoms with E-state index >= 15 is 0 Å². The molecule has 19 heavy (non-hydrogen) atoms. The number of nitrogens with one attached hydrogen (secondary N) is 1. The van der Waals surface area contributed by atoms with Crippen molar-refractivity contribution in [3.8, 4) is 0 Å². The summed E-state index contributed by atoms with van der Waals surface area (Å²) in [5.74, 6) is 0.323. The van der Waals surface area contributed by atoms with E-state index in [4.69, 9.17) is 0 Å². The molecule has 1 aliphatic rings. The highest BCUT2D eigenvalue weighted by molar-refractivity contribution is 5.76. The van der Waals surface area contributed by atoms with Crippen molar-refractivity contribution in [2.45, 2.75) is 25.8 Å². The van der Waals surface area contributed by atoms with E-state index in [2.05, 4.69) is 5.32 Å². The fraction of sp³-hybridized carbons (Fsp3) is 0.533. The van der Waals surface area contributed by atoms with Crippen LogP contribution in [0.2, 0.25) is 0 Å². The monoisotopic (exact) mass is 264 g/mol. The molecule has 1 N–H and O–H groups in total. The minimum atomic E-state index is -0.255. The van der Waals surface area contributed by atoms with Gasteiger partial charge in [0.05, 0.1) is 0 Å². The Hall–Kier alpha value is -1.42. The van der Waals surface area contributed by atoms with E-state index in [0.29, 0.717) is 18.9 Å². The van der Waals surface area contributed by atoms with Gasteiger partial charge in [0.25, 0.3) is 0 Å². The lowest BCUT2D eigenvalue weighted by Gasteiger charge is -2.25. The zero-order valence-electron chi connectivity index (χ0n) is 11.4. The highest BCUT2D eigenvalue weighted by Crippen LogP contribution is 2.16. The van der Waals surface area contributed by atoms with E-state index in [-0.39, 0.29) is 11.7 Å². The lowest BCUT2D eigenvalue weighted by atomic mass is 9.95. The first-order valence-corrected chi connectivity index (χ1v) is 6.84. The number of carbonyl (C=O) groups is 1. The molecule has 1 aromatic carbocycles. The van der Waals surface area contributed by atoms with Gasteiger partial charge in [-0.25, -0.2) is 4.39 Å². The molecule has 3 nitrogen and oxygen atoms in total. The summed E-state index contributed by atoms with van der Waals surface area (Å²) in [6, 6.07) is 6.41. The Morgan fingerprint density at radius 1 is 1.53 bits per heavy atom. The van der Waals surface area contributed by atoms with Crippen LogP contribution in [-0.2, 0) is 11.3 Å². The number of nitrogens with zero attached hydrogens (tertiary/aromatic N) is 1. The Bertz CT molecular complexity index is 430. The van der Waals surface area contributed by atoms with Crippen LogP contribution in [-0.4, -0.2) is 30.9 Å². The molecule has 1 heterocycles. The maximum Gasteiger partial charge on any atom is 0.222 e. The zero-order chi connectivity index (χ0) is 13.7. The van der Waals surface area contributed by atoms with E-state index in [1.807, 2.05) is 6.07 Å². The first-order chi connectivity index (χ1) is 9.15. The summed E-state index contributed by atoms with van der Waals surface area (Å²) in [4.78, 5) is 13.8. The van der Waals surface area contributed by atoms with Gasteiger partial charge < -0.3 is 10.2 Å². The molecule has 1 fully saturated rings. The third-order valence-electron chi connectivity index (χ3n) is 3.60. The second-order valence-corrected chi connectivity index (χ2v) is 5.30. The first-order valence-electron chi connectivity index (χ1n) is 6.84. The first kappa shape index (κ1) is 14.0. The quantitative estimate of drug-likeness (QED) is 0.904. The smallest absolute Gasteiger partial charge is 0.222 e. The second kappa shape index (κ2) is 6.66. The third kappa shape index (κ3) is 4.31. The Balaban J connectivity index is 1.84. The summed E-state index contributed by atoms with van der Waals surface area (Å²) >= 11 is 0. The van der Waals surface area contributed by atoms with Crippen molar-refractivity contribution in [3.63, 3.8) is 0 Å². The van der Waals surface area contributed by atoms with Crippen LogP contribution in [0, 0.1) is 11.7 Å². The fourth-order valence-electron chi connectivity index (χ4n) is 2.50. The lowest BCUT2D eigenvalue weighted by molar-refractivity contribution is -0.131. The molecule has 104 valence electrons. The predicted molar refractivity (Wildman–Crippen MR) is 73.1 cm³/mol. The van der Waals surface area contributed by atoms with Gasteiger partial charge in [-0.3, -0.25) is 4.79 Å². The number of hydrogen-bond acceptors (Lipinski definition) is 2. The number of rotatable bonds is 4. The summed E-state index contributed by atoms with van der Waals surface area (Å²) in [6.07, 6.45) is 2.84. The Morgan fingerprint density at radius 3 is 3.05 bits per heavy atom. The van der Waals surface area contributed by atoms with Crippen molar-refractivity contribution in [2.75, 3.05) is 20.1 Å². The van der Waals surface area contributed by atoms with E-state index in [1.54, 1.807) is 18.0 Å². The molecule has 2 rings (SSSR count). The molecular formula is C15H21FN2O. The largest absolute Gasteiger partial charge is 0.341 e. The maximum absolute atomic E-state index is 13.1. The Labute approximate surface area is 113 Å². The summed E-state index contributed by atoms with van der Waals surface area (Å²) < 4.78 is 13.1. The highest BCUT2D eigenvalue weighted by atomic mass is 19.1. The topological polar surface area (TPSA) is 32.3 Å². The standard InChI is InChI=1S/C15H21FN2O/c1-18(11-13-4-2-6-14(16)8-13)15(19)9-12-5-3-7-17-10-12/h2,4,6,8,12,17H,3,5,7,9-11H2,1H3. The molecule has 1 saturated heterocycles. The summed E-state index contributed by atoms with van der Waals surface area (Å²) in [7, 11) is 1.78. The molecule has 1 aliphatic heterocycles. The third-order valence-corrected chi connectivity index (χ3v) is 3.60. The minimum absolute atomic E-state index is 0.137. The summed E-state index contributed by atoms with van der Waals surface area (Å²) in [5, 5.41) is 3.32. The van der Waals surface area contributed by atoms with Gasteiger partial charge in [-0.1, -0.05) is 12.1 Å². The van der Waals surface area contributed by atoms with Gasteiger partial charge in [-0.15, -0.1) is 0 Å². The molecular weight excluding hydrogens is 243 g/mol. The Morgan fingerprint density at radius 2 is 2.37 bits per heavy atom. The van der Waals surface area contributed by atoms with Crippen molar-refractivity contribution in [1.29, 1.82) is 0 Å². The van der Waals surface area contributed by atoms with Gasteiger partial charge in [0.15, 0.2) is 0 Å². The number of piperidine rings is 1. The van der Waals surface area contributed by atoms with Crippen LogP contribution in [0.1, 0.15) is 24.8 Å². The average molecular weight is 264 g/mol. The van der Waals surface area contributed by atoms with E-state index < -0.39 is 0 Å². The van der Waals surface area contributed by atoms with Crippen LogP contribution >= 0.6 is 0 Å². The highest BCUT2D eigenvalue weighted by Gasteiger charge is 2.19. The lowest BCUT2D eigenvalue weighted by Crippen LogP contribution is -2.34.